The Morgan fingerprint density at radius 2 is 2.12 bits per heavy atom. The molecule has 0 fully saturated rings. The molecule has 1 N–H and O–H groups in total. The molecule has 1 aromatic heterocycles. The Morgan fingerprint density at radius 3 is 2.88 bits per heavy atom. The Hall–Kier alpha value is -0.770. The Morgan fingerprint density at radius 1 is 1.31 bits per heavy atom. The van der Waals surface area contributed by atoms with Gasteiger partial charge in [0.2, 0.25) is 0 Å². The minimum atomic E-state index is 0.699. The van der Waals surface area contributed by atoms with E-state index in [4.69, 9.17) is 16.0 Å². The molecular weight excluding hydrogens is 289 g/mol. The molecule has 0 radical (unpaired) electrons. The maximum absolute atomic E-state index is 5.96. The molecule has 84 valence electrons. The van der Waals surface area contributed by atoms with Gasteiger partial charge < -0.3 is 9.73 Å². The second kappa shape index (κ2) is 5.04. The molecule has 1 aromatic carbocycles. The third-order valence-corrected chi connectivity index (χ3v) is 3.13. The quantitative estimate of drug-likeness (QED) is 0.924. The maximum atomic E-state index is 5.96. The van der Waals surface area contributed by atoms with E-state index in [2.05, 4.69) is 21.2 Å². The molecule has 0 aliphatic heterocycles. The van der Waals surface area contributed by atoms with E-state index in [0.29, 0.717) is 5.02 Å². The number of hydrogen-bond donors (Lipinski definition) is 1. The van der Waals surface area contributed by atoms with Crippen LogP contribution in [0.3, 0.4) is 0 Å². The van der Waals surface area contributed by atoms with E-state index < -0.39 is 0 Å². The van der Waals surface area contributed by atoms with Crippen molar-refractivity contribution in [2.24, 2.45) is 0 Å². The molecule has 4 heteroatoms. The van der Waals surface area contributed by atoms with Crippen molar-refractivity contribution in [3.63, 3.8) is 0 Å². The fourth-order valence-corrected chi connectivity index (χ4v) is 2.09. The van der Waals surface area contributed by atoms with Crippen molar-refractivity contribution in [3.05, 3.63) is 45.6 Å². The molecular formula is C12H11BrClNO. The standard InChI is InChI=1S/C12H11BrClNO/c1-15-7-9-3-5-12(16-9)10-6-8(14)2-4-11(10)13/h2-6,15H,7H2,1H3. The van der Waals surface area contributed by atoms with E-state index in [1.165, 1.54) is 0 Å². The molecule has 0 amide bonds. The number of nitrogens with one attached hydrogen (secondary N) is 1. The number of hydrogen-bond acceptors (Lipinski definition) is 2. The highest BCUT2D eigenvalue weighted by atomic mass is 79.9. The summed E-state index contributed by atoms with van der Waals surface area (Å²) in [4.78, 5) is 0. The Bertz CT molecular complexity index is 496. The lowest BCUT2D eigenvalue weighted by Crippen LogP contribution is -2.03. The van der Waals surface area contributed by atoms with Gasteiger partial charge in [0.05, 0.1) is 6.54 Å². The molecule has 0 saturated carbocycles. The molecule has 2 rings (SSSR count). The fourth-order valence-electron chi connectivity index (χ4n) is 1.48. The molecule has 0 bridgehead atoms. The van der Waals surface area contributed by atoms with Gasteiger partial charge >= 0.3 is 0 Å². The first kappa shape index (κ1) is 11.7. The summed E-state index contributed by atoms with van der Waals surface area (Å²) < 4.78 is 6.67. The predicted molar refractivity (Wildman–Crippen MR) is 69.6 cm³/mol. The summed E-state index contributed by atoms with van der Waals surface area (Å²) in [6.45, 7) is 0.720. The number of rotatable bonds is 3. The van der Waals surface area contributed by atoms with Crippen LogP contribution >= 0.6 is 27.5 Å². The van der Waals surface area contributed by atoms with E-state index in [9.17, 15) is 0 Å². The number of furan rings is 1. The Labute approximate surface area is 108 Å². The van der Waals surface area contributed by atoms with Gasteiger partial charge in [0.1, 0.15) is 11.5 Å². The third kappa shape index (κ3) is 2.48. The second-order valence-corrected chi connectivity index (χ2v) is 4.71. The minimum absolute atomic E-state index is 0.699. The van der Waals surface area contributed by atoms with Gasteiger partial charge in [-0.2, -0.15) is 0 Å². The van der Waals surface area contributed by atoms with Crippen LogP contribution < -0.4 is 5.32 Å². The van der Waals surface area contributed by atoms with Gasteiger partial charge in [-0.15, -0.1) is 0 Å². The highest BCUT2D eigenvalue weighted by molar-refractivity contribution is 9.10. The summed E-state index contributed by atoms with van der Waals surface area (Å²) in [5.74, 6) is 1.73. The van der Waals surface area contributed by atoms with E-state index >= 15 is 0 Å². The zero-order valence-corrected chi connectivity index (χ0v) is 11.1. The van der Waals surface area contributed by atoms with Crippen LogP contribution in [0.5, 0.6) is 0 Å². The van der Waals surface area contributed by atoms with Gasteiger partial charge in [0.25, 0.3) is 0 Å². The van der Waals surface area contributed by atoms with Crippen molar-refractivity contribution in [1.29, 1.82) is 0 Å². The van der Waals surface area contributed by atoms with Crippen LogP contribution in [0.15, 0.2) is 39.2 Å². The Kier molecular flexibility index (Phi) is 3.69. The SMILES string of the molecule is CNCc1ccc(-c2cc(Cl)ccc2Br)o1. The highest BCUT2D eigenvalue weighted by Gasteiger charge is 2.08. The van der Waals surface area contributed by atoms with Gasteiger partial charge in [0, 0.05) is 15.1 Å². The van der Waals surface area contributed by atoms with Crippen LogP contribution in [-0.2, 0) is 6.54 Å². The summed E-state index contributed by atoms with van der Waals surface area (Å²) in [7, 11) is 1.89. The predicted octanol–water partition coefficient (Wildman–Crippen LogP) is 4.08. The summed E-state index contributed by atoms with van der Waals surface area (Å²) in [6.07, 6.45) is 0. The molecule has 0 atom stereocenters. The van der Waals surface area contributed by atoms with Gasteiger partial charge in [-0.1, -0.05) is 27.5 Å². The maximum Gasteiger partial charge on any atom is 0.135 e. The first-order chi connectivity index (χ1) is 7.70. The molecule has 0 spiro atoms. The van der Waals surface area contributed by atoms with Crippen molar-refractivity contribution in [2.45, 2.75) is 6.54 Å². The zero-order valence-electron chi connectivity index (χ0n) is 8.76. The molecule has 2 nitrogen and oxygen atoms in total. The first-order valence-electron chi connectivity index (χ1n) is 4.89. The lowest BCUT2D eigenvalue weighted by molar-refractivity contribution is 0.507. The largest absolute Gasteiger partial charge is 0.460 e. The molecule has 0 aliphatic rings. The van der Waals surface area contributed by atoms with E-state index in [-0.39, 0.29) is 0 Å². The van der Waals surface area contributed by atoms with Crippen LogP contribution in [0, 0.1) is 0 Å². The topological polar surface area (TPSA) is 25.2 Å². The number of benzene rings is 1. The molecule has 1 heterocycles. The summed E-state index contributed by atoms with van der Waals surface area (Å²) >= 11 is 9.44. The molecule has 16 heavy (non-hydrogen) atoms. The van der Waals surface area contributed by atoms with Gasteiger partial charge in [-0.25, -0.2) is 0 Å². The monoisotopic (exact) mass is 299 g/mol. The van der Waals surface area contributed by atoms with Crippen molar-refractivity contribution in [2.75, 3.05) is 7.05 Å². The van der Waals surface area contributed by atoms with E-state index in [1.807, 2.05) is 37.4 Å². The van der Waals surface area contributed by atoms with Gasteiger partial charge in [-0.3, -0.25) is 0 Å². The van der Waals surface area contributed by atoms with Gasteiger partial charge in [-0.05, 0) is 37.4 Å². The third-order valence-electron chi connectivity index (χ3n) is 2.21. The van der Waals surface area contributed by atoms with E-state index in [1.54, 1.807) is 0 Å². The average Bonchev–Trinajstić information content (AvgIpc) is 2.71. The van der Waals surface area contributed by atoms with Gasteiger partial charge in [0.15, 0.2) is 0 Å². The second-order valence-electron chi connectivity index (χ2n) is 3.42. The van der Waals surface area contributed by atoms with Crippen LogP contribution in [-0.4, -0.2) is 7.05 Å². The van der Waals surface area contributed by atoms with Crippen LogP contribution in [0.4, 0.5) is 0 Å². The van der Waals surface area contributed by atoms with Crippen molar-refractivity contribution in [1.82, 2.24) is 5.32 Å². The number of halogens is 2. The fraction of sp³-hybridized carbons (Fsp3) is 0.167. The van der Waals surface area contributed by atoms with Crippen molar-refractivity contribution in [3.8, 4) is 11.3 Å². The van der Waals surface area contributed by atoms with E-state index in [0.717, 1.165) is 28.1 Å². The summed E-state index contributed by atoms with van der Waals surface area (Å²) in [5, 5.41) is 3.74. The zero-order chi connectivity index (χ0) is 11.5. The van der Waals surface area contributed by atoms with Crippen LogP contribution in [0.1, 0.15) is 5.76 Å². The summed E-state index contributed by atoms with van der Waals surface area (Å²) in [5.41, 5.74) is 0.967. The average molecular weight is 301 g/mol. The van der Waals surface area contributed by atoms with Crippen molar-refractivity contribution < 1.29 is 4.42 Å². The first-order valence-corrected chi connectivity index (χ1v) is 6.06. The smallest absolute Gasteiger partial charge is 0.135 e. The molecule has 0 saturated heterocycles. The Balaban J connectivity index is 2.38. The van der Waals surface area contributed by atoms with Crippen LogP contribution in [0.2, 0.25) is 5.02 Å². The molecule has 0 aliphatic carbocycles. The lowest BCUT2D eigenvalue weighted by Gasteiger charge is -2.01. The molecule has 2 aromatic rings. The summed E-state index contributed by atoms with van der Waals surface area (Å²) in [6, 6.07) is 9.54. The van der Waals surface area contributed by atoms with Crippen molar-refractivity contribution >= 4 is 27.5 Å². The lowest BCUT2D eigenvalue weighted by atomic mass is 10.2. The molecule has 0 unspecified atom stereocenters. The minimum Gasteiger partial charge on any atom is -0.460 e. The van der Waals surface area contributed by atoms with Crippen LogP contribution in [0.25, 0.3) is 11.3 Å². The normalized spacial score (nSPS) is 10.7. The highest BCUT2D eigenvalue weighted by Crippen LogP contribution is 2.31.